The van der Waals surface area contributed by atoms with Crippen LogP contribution in [0.1, 0.15) is 51.0 Å². The van der Waals surface area contributed by atoms with Crippen LogP contribution in [-0.4, -0.2) is 17.3 Å². The Labute approximate surface area is 138 Å². The van der Waals surface area contributed by atoms with Gasteiger partial charge in [-0.05, 0) is 50.0 Å². The predicted octanol–water partition coefficient (Wildman–Crippen LogP) is 4.81. The van der Waals surface area contributed by atoms with Crippen LogP contribution in [0, 0.1) is 5.92 Å². The summed E-state index contributed by atoms with van der Waals surface area (Å²) in [6.07, 6.45) is 9.95. The molecule has 0 bridgehead atoms. The van der Waals surface area contributed by atoms with Gasteiger partial charge in [0.25, 0.3) is 0 Å². The first kappa shape index (κ1) is 16.6. The van der Waals surface area contributed by atoms with Gasteiger partial charge < -0.3 is 11.1 Å². The molecule has 0 saturated heterocycles. The molecule has 0 atom stereocenters. The Balaban J connectivity index is 2.05. The molecule has 1 saturated carbocycles. The summed E-state index contributed by atoms with van der Waals surface area (Å²) < 4.78 is 0. The number of benzene rings is 1. The maximum absolute atomic E-state index is 5.94. The van der Waals surface area contributed by atoms with Crippen LogP contribution in [0.4, 0.5) is 5.69 Å². The van der Waals surface area contributed by atoms with Crippen molar-refractivity contribution in [1.82, 2.24) is 0 Å². The molecule has 0 amide bonds. The first-order chi connectivity index (χ1) is 10.2. The smallest absolute Gasteiger partial charge is 0.107 e. The van der Waals surface area contributed by atoms with Gasteiger partial charge in [-0.2, -0.15) is 0 Å². The monoisotopic (exact) mass is 322 g/mol. The van der Waals surface area contributed by atoms with Crippen LogP contribution in [-0.2, 0) is 0 Å². The highest BCUT2D eigenvalue weighted by atomic mass is 32.2. The number of nitrogens with one attached hydrogen (secondary N) is 1. The summed E-state index contributed by atoms with van der Waals surface area (Å²) in [5.74, 6) is 0.931. The molecule has 2 rings (SSSR count). The minimum atomic E-state index is 0.488. The number of rotatable bonds is 6. The van der Waals surface area contributed by atoms with Gasteiger partial charge in [0.15, 0.2) is 0 Å². The summed E-state index contributed by atoms with van der Waals surface area (Å²) in [6.45, 7) is 2.28. The van der Waals surface area contributed by atoms with Crippen LogP contribution < -0.4 is 11.1 Å². The van der Waals surface area contributed by atoms with Crippen LogP contribution >= 0.6 is 24.0 Å². The van der Waals surface area contributed by atoms with E-state index in [2.05, 4.69) is 36.7 Å². The highest BCUT2D eigenvalue weighted by molar-refractivity contribution is 7.98. The summed E-state index contributed by atoms with van der Waals surface area (Å²) >= 11 is 6.95. The van der Waals surface area contributed by atoms with Gasteiger partial charge in [-0.1, -0.05) is 38.0 Å². The normalized spacial score (nSPS) is 22.0. The minimum absolute atomic E-state index is 0.488. The molecular formula is C17H26N2S2. The van der Waals surface area contributed by atoms with Crippen LogP contribution in [0.3, 0.4) is 0 Å². The molecule has 1 aliphatic carbocycles. The van der Waals surface area contributed by atoms with E-state index in [1.807, 2.05) is 0 Å². The van der Waals surface area contributed by atoms with Crippen LogP contribution in [0.5, 0.6) is 0 Å². The zero-order valence-corrected chi connectivity index (χ0v) is 14.7. The van der Waals surface area contributed by atoms with E-state index in [9.17, 15) is 0 Å². The molecule has 21 heavy (non-hydrogen) atoms. The second kappa shape index (κ2) is 8.04. The second-order valence-corrected chi connectivity index (χ2v) is 7.19. The standard InChI is InChI=1S/C17H26N2S2/c1-3-5-12-8-10-13(11-9-12)19-14-6-4-7-15(21-2)16(14)17(18)20/h4,6-7,12-13,19H,3,5,8-11H2,1-2H3,(H2,18,20). The van der Waals surface area contributed by atoms with Crippen molar-refractivity contribution in [2.24, 2.45) is 11.7 Å². The highest BCUT2D eigenvalue weighted by Gasteiger charge is 2.21. The quantitative estimate of drug-likeness (QED) is 0.582. The van der Waals surface area contributed by atoms with Crippen molar-refractivity contribution in [3.63, 3.8) is 0 Å². The lowest BCUT2D eigenvalue weighted by atomic mass is 9.83. The molecule has 0 radical (unpaired) electrons. The Bertz CT molecular complexity index is 480. The molecule has 0 aromatic heterocycles. The Morgan fingerprint density at radius 3 is 2.62 bits per heavy atom. The van der Waals surface area contributed by atoms with Gasteiger partial charge in [-0.25, -0.2) is 0 Å². The van der Waals surface area contributed by atoms with E-state index in [1.54, 1.807) is 11.8 Å². The molecule has 0 unspecified atom stereocenters. The molecule has 2 nitrogen and oxygen atoms in total. The van der Waals surface area contributed by atoms with Gasteiger partial charge in [0, 0.05) is 22.2 Å². The van der Waals surface area contributed by atoms with Gasteiger partial charge in [0.2, 0.25) is 0 Å². The molecule has 1 aliphatic rings. The maximum Gasteiger partial charge on any atom is 0.107 e. The van der Waals surface area contributed by atoms with Crippen LogP contribution in [0.2, 0.25) is 0 Å². The molecule has 116 valence electrons. The molecule has 1 fully saturated rings. The SMILES string of the molecule is CCCC1CCC(Nc2cccc(SC)c2C(N)=S)CC1. The van der Waals surface area contributed by atoms with E-state index in [-0.39, 0.29) is 0 Å². The second-order valence-electron chi connectivity index (χ2n) is 5.90. The van der Waals surface area contributed by atoms with Crippen molar-refractivity contribution in [2.75, 3.05) is 11.6 Å². The number of anilines is 1. The fourth-order valence-electron chi connectivity index (χ4n) is 3.30. The first-order valence-electron chi connectivity index (χ1n) is 7.89. The van der Waals surface area contributed by atoms with E-state index in [4.69, 9.17) is 18.0 Å². The fraction of sp³-hybridized carbons (Fsp3) is 0.588. The van der Waals surface area contributed by atoms with Gasteiger partial charge in [0.05, 0.1) is 0 Å². The summed E-state index contributed by atoms with van der Waals surface area (Å²) in [5.41, 5.74) is 8.05. The Morgan fingerprint density at radius 2 is 2.05 bits per heavy atom. The summed E-state index contributed by atoms with van der Waals surface area (Å²) in [5, 5.41) is 3.69. The van der Waals surface area contributed by atoms with Crippen LogP contribution in [0.15, 0.2) is 23.1 Å². The van der Waals surface area contributed by atoms with Crippen molar-refractivity contribution < 1.29 is 0 Å². The maximum atomic E-state index is 5.94. The molecule has 1 aromatic carbocycles. The Kier molecular flexibility index (Phi) is 6.37. The number of thiocarbonyl (C=S) groups is 1. The average Bonchev–Trinajstić information content (AvgIpc) is 2.49. The topological polar surface area (TPSA) is 38.0 Å². The van der Waals surface area contributed by atoms with Crippen LogP contribution in [0.25, 0.3) is 0 Å². The fourth-order valence-corrected chi connectivity index (χ4v) is 4.22. The molecule has 0 heterocycles. The third kappa shape index (κ3) is 4.36. The average molecular weight is 323 g/mol. The lowest BCUT2D eigenvalue weighted by Crippen LogP contribution is -2.27. The third-order valence-corrected chi connectivity index (χ3v) is 5.38. The highest BCUT2D eigenvalue weighted by Crippen LogP contribution is 2.32. The summed E-state index contributed by atoms with van der Waals surface area (Å²) in [4.78, 5) is 1.65. The summed E-state index contributed by atoms with van der Waals surface area (Å²) in [7, 11) is 0. The van der Waals surface area contributed by atoms with E-state index in [1.165, 1.54) is 38.5 Å². The van der Waals surface area contributed by atoms with Gasteiger partial charge >= 0.3 is 0 Å². The van der Waals surface area contributed by atoms with E-state index >= 15 is 0 Å². The number of nitrogens with two attached hydrogens (primary N) is 1. The molecule has 4 heteroatoms. The van der Waals surface area contributed by atoms with Gasteiger partial charge in [-0.15, -0.1) is 11.8 Å². The number of thioether (sulfide) groups is 1. The largest absolute Gasteiger partial charge is 0.389 e. The van der Waals surface area contributed by atoms with Crippen molar-refractivity contribution in [3.8, 4) is 0 Å². The Hall–Kier alpha value is -0.740. The van der Waals surface area contributed by atoms with E-state index in [0.29, 0.717) is 11.0 Å². The lowest BCUT2D eigenvalue weighted by Gasteiger charge is -2.30. The lowest BCUT2D eigenvalue weighted by molar-refractivity contribution is 0.319. The molecule has 1 aromatic rings. The van der Waals surface area contributed by atoms with Gasteiger partial charge in [0.1, 0.15) is 4.99 Å². The zero-order valence-electron chi connectivity index (χ0n) is 13.0. The summed E-state index contributed by atoms with van der Waals surface area (Å²) in [6, 6.07) is 6.83. The van der Waals surface area contributed by atoms with E-state index in [0.717, 1.165) is 22.1 Å². The van der Waals surface area contributed by atoms with Crippen molar-refractivity contribution in [2.45, 2.75) is 56.4 Å². The zero-order chi connectivity index (χ0) is 15.2. The number of hydrogen-bond acceptors (Lipinski definition) is 3. The Morgan fingerprint density at radius 1 is 1.33 bits per heavy atom. The van der Waals surface area contributed by atoms with E-state index < -0.39 is 0 Å². The molecular weight excluding hydrogens is 296 g/mol. The third-order valence-electron chi connectivity index (χ3n) is 4.40. The van der Waals surface area contributed by atoms with Gasteiger partial charge in [-0.3, -0.25) is 0 Å². The molecule has 0 spiro atoms. The minimum Gasteiger partial charge on any atom is -0.389 e. The van der Waals surface area contributed by atoms with Crippen molar-refractivity contribution in [1.29, 1.82) is 0 Å². The molecule has 0 aliphatic heterocycles. The first-order valence-corrected chi connectivity index (χ1v) is 9.52. The molecule has 3 N–H and O–H groups in total. The van der Waals surface area contributed by atoms with Crippen molar-refractivity contribution in [3.05, 3.63) is 23.8 Å². The number of hydrogen-bond donors (Lipinski definition) is 2. The van der Waals surface area contributed by atoms with Crippen molar-refractivity contribution >= 4 is 34.7 Å². The predicted molar refractivity (Wildman–Crippen MR) is 98.4 cm³/mol.